The number of fused-ring (bicyclic) bond motifs is 5. The topological polar surface area (TPSA) is 40.5 Å². The summed E-state index contributed by atoms with van der Waals surface area (Å²) in [6.45, 7) is 0.668. The number of amides is 2. The van der Waals surface area contributed by atoms with Gasteiger partial charge in [0, 0.05) is 42.5 Å². The van der Waals surface area contributed by atoms with Crippen LogP contribution in [0.4, 0.5) is 10.5 Å². The number of hydrogen-bond acceptors (Lipinski definition) is 3. The number of hydrogen-bond donors (Lipinski definition) is 1. The Balaban J connectivity index is 1.45. The molecule has 1 atom stereocenters. The van der Waals surface area contributed by atoms with Gasteiger partial charge in [0.1, 0.15) is 5.00 Å². The van der Waals surface area contributed by atoms with Crippen molar-refractivity contribution in [2.24, 2.45) is 0 Å². The highest BCUT2D eigenvalue weighted by Gasteiger charge is 2.36. The Kier molecular flexibility index (Phi) is 6.09. The fraction of sp³-hybridized carbons (Fsp3) is 0.483. The molecule has 1 fully saturated rings. The number of carbonyl (C=O) groups excluding carboxylic acids is 1. The first-order valence-corrected chi connectivity index (χ1v) is 14.1. The molecular formula is C29H36N4OS. The second-order valence-electron chi connectivity index (χ2n) is 10.6. The molecule has 0 saturated heterocycles. The van der Waals surface area contributed by atoms with Crippen molar-refractivity contribution >= 4 is 23.1 Å². The number of thiophene rings is 1. The van der Waals surface area contributed by atoms with Crippen LogP contribution in [0.2, 0.25) is 0 Å². The van der Waals surface area contributed by atoms with Gasteiger partial charge in [-0.1, -0.05) is 31.4 Å². The van der Waals surface area contributed by atoms with Gasteiger partial charge in [-0.2, -0.15) is 0 Å². The fourth-order valence-electron chi connectivity index (χ4n) is 6.20. The van der Waals surface area contributed by atoms with Gasteiger partial charge in [0.2, 0.25) is 0 Å². The van der Waals surface area contributed by atoms with Crippen molar-refractivity contribution < 1.29 is 4.79 Å². The van der Waals surface area contributed by atoms with Crippen LogP contribution in [0.5, 0.6) is 0 Å². The SMILES string of the molecule is CN(C)c1ccc([C@H]2c3cccn3-c3sc4c(c3CN2C(=O)NC2CCCCC2)CCCC4)cc1. The molecule has 2 aliphatic carbocycles. The summed E-state index contributed by atoms with van der Waals surface area (Å²) in [5, 5.41) is 4.76. The quantitative estimate of drug-likeness (QED) is 0.461. The van der Waals surface area contributed by atoms with Crippen molar-refractivity contribution in [3.05, 3.63) is 69.9 Å². The highest BCUT2D eigenvalue weighted by Crippen LogP contribution is 2.44. The van der Waals surface area contributed by atoms with E-state index in [0.717, 1.165) is 19.3 Å². The van der Waals surface area contributed by atoms with Crippen molar-refractivity contribution in [2.45, 2.75) is 76.4 Å². The van der Waals surface area contributed by atoms with Crippen LogP contribution in [0.1, 0.15) is 78.2 Å². The molecule has 0 spiro atoms. The summed E-state index contributed by atoms with van der Waals surface area (Å²) >= 11 is 1.95. The minimum Gasteiger partial charge on any atom is -0.378 e. The molecule has 6 rings (SSSR count). The van der Waals surface area contributed by atoms with E-state index in [0.29, 0.717) is 12.6 Å². The average Bonchev–Trinajstić information content (AvgIpc) is 3.46. The predicted molar refractivity (Wildman–Crippen MR) is 144 cm³/mol. The number of benzene rings is 1. The predicted octanol–water partition coefficient (Wildman–Crippen LogP) is 6.43. The molecule has 0 bridgehead atoms. The van der Waals surface area contributed by atoms with Crippen molar-refractivity contribution in [1.82, 2.24) is 14.8 Å². The molecule has 3 aliphatic rings. The first-order valence-electron chi connectivity index (χ1n) is 13.3. The van der Waals surface area contributed by atoms with Gasteiger partial charge >= 0.3 is 6.03 Å². The molecule has 1 saturated carbocycles. The summed E-state index contributed by atoms with van der Waals surface area (Å²) in [5.41, 5.74) is 6.39. The highest BCUT2D eigenvalue weighted by atomic mass is 32.1. The maximum atomic E-state index is 14.0. The van der Waals surface area contributed by atoms with Gasteiger partial charge in [0.15, 0.2) is 0 Å². The Hall–Kier alpha value is -2.73. The van der Waals surface area contributed by atoms with E-state index in [2.05, 4.69) is 76.4 Å². The third kappa shape index (κ3) is 4.16. The number of anilines is 1. The lowest BCUT2D eigenvalue weighted by molar-refractivity contribution is 0.173. The van der Waals surface area contributed by atoms with Crippen LogP contribution < -0.4 is 10.2 Å². The Morgan fingerprint density at radius 3 is 2.51 bits per heavy atom. The van der Waals surface area contributed by atoms with E-state index in [-0.39, 0.29) is 12.1 Å². The van der Waals surface area contributed by atoms with Crippen molar-refractivity contribution in [1.29, 1.82) is 0 Å². The highest BCUT2D eigenvalue weighted by molar-refractivity contribution is 7.15. The van der Waals surface area contributed by atoms with Crippen LogP contribution in [0.3, 0.4) is 0 Å². The third-order valence-corrected chi connectivity index (χ3v) is 9.43. The van der Waals surface area contributed by atoms with E-state index in [1.54, 1.807) is 0 Å². The zero-order valence-corrected chi connectivity index (χ0v) is 21.7. The smallest absolute Gasteiger partial charge is 0.318 e. The summed E-state index contributed by atoms with van der Waals surface area (Å²) in [6, 6.07) is 13.3. The van der Waals surface area contributed by atoms with Gasteiger partial charge in [-0.05, 0) is 73.9 Å². The summed E-state index contributed by atoms with van der Waals surface area (Å²) < 4.78 is 2.37. The molecule has 1 aromatic carbocycles. The van der Waals surface area contributed by atoms with Crippen LogP contribution >= 0.6 is 11.3 Å². The van der Waals surface area contributed by atoms with Gasteiger partial charge in [-0.25, -0.2) is 4.79 Å². The van der Waals surface area contributed by atoms with Crippen LogP contribution in [0.25, 0.3) is 5.00 Å². The standard InChI is InChI=1S/C29H36N4OS/c1-31(2)22-16-14-20(15-17-22)27-25-12-8-18-32(25)28-24(23-11-6-7-13-26(23)35-28)19-33(27)29(34)30-21-9-4-3-5-10-21/h8,12,14-18,21,27H,3-7,9-11,13,19H2,1-2H3,(H,30,34)/t27-/m0/s1. The Morgan fingerprint density at radius 1 is 0.971 bits per heavy atom. The second kappa shape index (κ2) is 9.38. The van der Waals surface area contributed by atoms with Crippen LogP contribution in [0, 0.1) is 0 Å². The molecule has 5 nitrogen and oxygen atoms in total. The van der Waals surface area contributed by atoms with E-state index in [4.69, 9.17) is 0 Å². The lowest BCUT2D eigenvalue weighted by Gasteiger charge is -2.34. The third-order valence-electron chi connectivity index (χ3n) is 8.10. The number of aryl methyl sites for hydroxylation is 1. The first-order chi connectivity index (χ1) is 17.1. The van der Waals surface area contributed by atoms with Gasteiger partial charge in [0.05, 0.1) is 18.3 Å². The molecule has 0 radical (unpaired) electrons. The minimum atomic E-state index is -0.122. The molecule has 1 N–H and O–H groups in total. The number of rotatable bonds is 3. The molecule has 0 unspecified atom stereocenters. The van der Waals surface area contributed by atoms with Crippen molar-refractivity contribution in [3.8, 4) is 5.00 Å². The fourth-order valence-corrected chi connectivity index (χ4v) is 7.60. The molecule has 2 aromatic heterocycles. The molecule has 184 valence electrons. The lowest BCUT2D eigenvalue weighted by Crippen LogP contribution is -2.46. The second-order valence-corrected chi connectivity index (χ2v) is 11.7. The van der Waals surface area contributed by atoms with Gasteiger partial charge < -0.3 is 19.7 Å². The van der Waals surface area contributed by atoms with Crippen LogP contribution in [0.15, 0.2) is 42.6 Å². The van der Waals surface area contributed by atoms with E-state index in [1.165, 1.54) is 76.5 Å². The molecule has 6 heteroatoms. The number of urea groups is 1. The molecule has 35 heavy (non-hydrogen) atoms. The number of aromatic nitrogens is 1. The van der Waals surface area contributed by atoms with Gasteiger partial charge in [-0.3, -0.25) is 0 Å². The van der Waals surface area contributed by atoms with E-state index in [9.17, 15) is 4.79 Å². The monoisotopic (exact) mass is 488 g/mol. The van der Waals surface area contributed by atoms with E-state index >= 15 is 0 Å². The average molecular weight is 489 g/mol. The van der Waals surface area contributed by atoms with Gasteiger partial charge in [0.25, 0.3) is 0 Å². The summed E-state index contributed by atoms with van der Waals surface area (Å²) in [7, 11) is 4.13. The maximum Gasteiger partial charge on any atom is 0.318 e. The Labute approximate surface area is 212 Å². The summed E-state index contributed by atoms with van der Waals surface area (Å²) in [6.07, 6.45) is 12.9. The minimum absolute atomic E-state index is 0.0787. The van der Waals surface area contributed by atoms with Crippen molar-refractivity contribution in [3.63, 3.8) is 0 Å². The lowest BCUT2D eigenvalue weighted by atomic mass is 9.94. The first kappa shape index (κ1) is 22.7. The summed E-state index contributed by atoms with van der Waals surface area (Å²) in [5.74, 6) is 0. The van der Waals surface area contributed by atoms with Crippen LogP contribution in [-0.2, 0) is 19.4 Å². The normalized spacial score (nSPS) is 19.9. The van der Waals surface area contributed by atoms with E-state index < -0.39 is 0 Å². The molecule has 1 aliphatic heterocycles. The van der Waals surface area contributed by atoms with E-state index in [1.807, 2.05) is 11.3 Å². The zero-order valence-electron chi connectivity index (χ0n) is 20.9. The maximum absolute atomic E-state index is 14.0. The molecule has 3 aromatic rings. The number of carbonyl (C=O) groups is 1. The summed E-state index contributed by atoms with van der Waals surface area (Å²) in [4.78, 5) is 19.8. The molecular weight excluding hydrogens is 452 g/mol. The van der Waals surface area contributed by atoms with Crippen molar-refractivity contribution in [2.75, 3.05) is 19.0 Å². The Bertz CT molecular complexity index is 1200. The molecule has 3 heterocycles. The zero-order chi connectivity index (χ0) is 23.9. The largest absolute Gasteiger partial charge is 0.378 e. The molecule has 2 amide bonds. The Morgan fingerprint density at radius 2 is 1.74 bits per heavy atom. The van der Waals surface area contributed by atoms with Gasteiger partial charge in [-0.15, -0.1) is 11.3 Å². The number of nitrogens with zero attached hydrogens (tertiary/aromatic N) is 3. The van der Waals surface area contributed by atoms with Crippen LogP contribution in [-0.4, -0.2) is 35.6 Å². The number of nitrogens with one attached hydrogen (secondary N) is 1.